The van der Waals surface area contributed by atoms with Crippen molar-refractivity contribution in [2.75, 3.05) is 26.3 Å². The normalized spacial score (nSPS) is 26.9. The Hall–Kier alpha value is -1.11. The molecular weight excluding hydrogens is 300 g/mol. The van der Waals surface area contributed by atoms with E-state index in [9.17, 15) is 4.79 Å². The second-order valence-electron chi connectivity index (χ2n) is 5.83. The smallest absolute Gasteiger partial charge is 0.318 e. The fourth-order valence-corrected chi connectivity index (χ4v) is 3.95. The Kier molecular flexibility index (Phi) is 5.33. The van der Waals surface area contributed by atoms with Gasteiger partial charge in [-0.15, -0.1) is 11.3 Å². The van der Waals surface area contributed by atoms with Crippen LogP contribution in [-0.4, -0.2) is 49.4 Å². The minimum absolute atomic E-state index is 0.00606. The van der Waals surface area contributed by atoms with E-state index in [1.165, 1.54) is 4.88 Å². The minimum Gasteiger partial charge on any atom is -0.375 e. The Morgan fingerprint density at radius 1 is 1.45 bits per heavy atom. The van der Waals surface area contributed by atoms with Gasteiger partial charge >= 0.3 is 6.03 Å². The topological polar surface area (TPSA) is 50.8 Å². The molecule has 2 fully saturated rings. The van der Waals surface area contributed by atoms with Gasteiger partial charge in [0.1, 0.15) is 6.10 Å². The van der Waals surface area contributed by atoms with Crippen LogP contribution in [0.4, 0.5) is 4.79 Å². The highest BCUT2D eigenvalue weighted by Crippen LogP contribution is 2.23. The zero-order chi connectivity index (χ0) is 15.4. The largest absolute Gasteiger partial charge is 0.375 e. The number of carbonyl (C=O) groups is 1. The summed E-state index contributed by atoms with van der Waals surface area (Å²) in [5.74, 6) is 0. The van der Waals surface area contributed by atoms with E-state index in [0.29, 0.717) is 19.7 Å². The molecule has 1 aromatic heterocycles. The van der Waals surface area contributed by atoms with Gasteiger partial charge in [0.15, 0.2) is 0 Å². The first-order chi connectivity index (χ1) is 10.8. The second-order valence-corrected chi connectivity index (χ2v) is 6.81. The summed E-state index contributed by atoms with van der Waals surface area (Å²) in [5, 5.41) is 5.20. The van der Waals surface area contributed by atoms with Gasteiger partial charge < -0.3 is 19.7 Å². The average Bonchev–Trinajstić information content (AvgIpc) is 3.25. The van der Waals surface area contributed by atoms with E-state index in [1.54, 1.807) is 11.3 Å². The zero-order valence-electron chi connectivity index (χ0n) is 13.0. The third-order valence-electron chi connectivity index (χ3n) is 4.35. The molecule has 0 saturated carbocycles. The number of morpholine rings is 1. The van der Waals surface area contributed by atoms with Crippen molar-refractivity contribution in [1.29, 1.82) is 0 Å². The van der Waals surface area contributed by atoms with Crippen LogP contribution in [0.1, 0.15) is 37.1 Å². The van der Waals surface area contributed by atoms with Gasteiger partial charge in [-0.1, -0.05) is 13.0 Å². The summed E-state index contributed by atoms with van der Waals surface area (Å²) >= 11 is 1.69. The van der Waals surface area contributed by atoms with Gasteiger partial charge in [-0.05, 0) is 30.7 Å². The van der Waals surface area contributed by atoms with Crippen molar-refractivity contribution in [3.8, 4) is 0 Å². The quantitative estimate of drug-likeness (QED) is 0.926. The Labute approximate surface area is 135 Å². The predicted octanol–water partition coefficient (Wildman–Crippen LogP) is 2.79. The van der Waals surface area contributed by atoms with E-state index in [-0.39, 0.29) is 24.3 Å². The third-order valence-corrected chi connectivity index (χ3v) is 5.34. The number of amides is 2. The fraction of sp³-hybridized carbons (Fsp3) is 0.688. The summed E-state index contributed by atoms with van der Waals surface area (Å²) in [6.45, 7) is 4.77. The van der Waals surface area contributed by atoms with Gasteiger partial charge in [0, 0.05) is 18.0 Å². The summed E-state index contributed by atoms with van der Waals surface area (Å²) in [6, 6.07) is 4.20. The number of ether oxygens (including phenoxy) is 2. The van der Waals surface area contributed by atoms with Gasteiger partial charge in [0.25, 0.3) is 0 Å². The van der Waals surface area contributed by atoms with Gasteiger partial charge in [0.05, 0.1) is 25.3 Å². The predicted molar refractivity (Wildman–Crippen MR) is 86.2 cm³/mol. The lowest BCUT2D eigenvalue weighted by Crippen LogP contribution is -2.53. The minimum atomic E-state index is 0.00606. The highest BCUT2D eigenvalue weighted by Gasteiger charge is 2.33. The zero-order valence-corrected chi connectivity index (χ0v) is 13.8. The van der Waals surface area contributed by atoms with Crippen LogP contribution in [0, 0.1) is 0 Å². The van der Waals surface area contributed by atoms with Gasteiger partial charge in [-0.3, -0.25) is 0 Å². The van der Waals surface area contributed by atoms with Gasteiger partial charge in [-0.25, -0.2) is 4.79 Å². The van der Waals surface area contributed by atoms with Crippen molar-refractivity contribution < 1.29 is 14.3 Å². The summed E-state index contributed by atoms with van der Waals surface area (Å²) in [4.78, 5) is 15.6. The summed E-state index contributed by atoms with van der Waals surface area (Å²) in [6.07, 6.45) is 3.18. The molecular formula is C16H24N2O3S. The molecule has 122 valence electrons. The van der Waals surface area contributed by atoms with E-state index < -0.39 is 0 Å². The van der Waals surface area contributed by atoms with E-state index in [1.807, 2.05) is 16.3 Å². The molecule has 0 radical (unpaired) electrons. The first-order valence-corrected chi connectivity index (χ1v) is 8.98. The third kappa shape index (κ3) is 3.62. The molecule has 0 bridgehead atoms. The average molecular weight is 324 g/mol. The molecule has 6 heteroatoms. The number of nitrogens with one attached hydrogen (secondary N) is 1. The first-order valence-electron chi connectivity index (χ1n) is 8.10. The second kappa shape index (κ2) is 7.44. The molecule has 2 aliphatic rings. The van der Waals surface area contributed by atoms with Crippen molar-refractivity contribution in [3.05, 3.63) is 22.4 Å². The summed E-state index contributed by atoms with van der Waals surface area (Å²) in [5.41, 5.74) is 0. The molecule has 0 aliphatic carbocycles. The number of hydrogen-bond acceptors (Lipinski definition) is 4. The van der Waals surface area contributed by atoms with Crippen LogP contribution < -0.4 is 5.32 Å². The highest BCUT2D eigenvalue weighted by atomic mass is 32.1. The van der Waals surface area contributed by atoms with E-state index in [4.69, 9.17) is 9.47 Å². The summed E-state index contributed by atoms with van der Waals surface area (Å²) in [7, 11) is 0. The van der Waals surface area contributed by atoms with Crippen LogP contribution in [0.15, 0.2) is 17.5 Å². The SMILES string of the molecule is CC[C@H](NC(=O)N1CCO[C@H]([C@H]2CCCO2)C1)c1cccs1. The Morgan fingerprint density at radius 3 is 3.00 bits per heavy atom. The van der Waals surface area contributed by atoms with E-state index >= 15 is 0 Å². The number of thiophene rings is 1. The van der Waals surface area contributed by atoms with Crippen LogP contribution in [0.2, 0.25) is 0 Å². The Morgan fingerprint density at radius 2 is 2.32 bits per heavy atom. The van der Waals surface area contributed by atoms with Crippen LogP contribution in [-0.2, 0) is 9.47 Å². The fourth-order valence-electron chi connectivity index (χ4n) is 3.08. The van der Waals surface area contributed by atoms with Crippen molar-refractivity contribution in [2.45, 2.75) is 44.4 Å². The van der Waals surface area contributed by atoms with Gasteiger partial charge in [0.2, 0.25) is 0 Å². The monoisotopic (exact) mass is 324 g/mol. The number of nitrogens with zero attached hydrogens (tertiary/aromatic N) is 1. The van der Waals surface area contributed by atoms with Crippen LogP contribution in [0.5, 0.6) is 0 Å². The maximum absolute atomic E-state index is 12.5. The number of hydrogen-bond donors (Lipinski definition) is 1. The lowest BCUT2D eigenvalue weighted by atomic mass is 10.1. The van der Waals surface area contributed by atoms with Crippen LogP contribution in [0.3, 0.4) is 0 Å². The molecule has 3 atom stereocenters. The maximum Gasteiger partial charge on any atom is 0.318 e. The molecule has 0 unspecified atom stereocenters. The molecule has 1 aromatic rings. The van der Waals surface area contributed by atoms with Crippen molar-refractivity contribution in [1.82, 2.24) is 10.2 Å². The molecule has 2 amide bonds. The van der Waals surface area contributed by atoms with Crippen molar-refractivity contribution >= 4 is 17.4 Å². The van der Waals surface area contributed by atoms with E-state index in [0.717, 1.165) is 25.9 Å². The van der Waals surface area contributed by atoms with E-state index in [2.05, 4.69) is 18.3 Å². The molecule has 2 saturated heterocycles. The number of carbonyl (C=O) groups excluding carboxylic acids is 1. The van der Waals surface area contributed by atoms with Gasteiger partial charge in [-0.2, -0.15) is 0 Å². The lowest BCUT2D eigenvalue weighted by molar-refractivity contribution is -0.0850. The molecule has 0 spiro atoms. The molecule has 1 N–H and O–H groups in total. The molecule has 2 aliphatic heterocycles. The molecule has 3 rings (SSSR count). The standard InChI is InChI=1S/C16H24N2O3S/c1-2-12(15-6-4-10-22-15)17-16(19)18-7-9-21-14(11-18)13-5-3-8-20-13/h4,6,10,12-14H,2-3,5,7-9,11H2,1H3,(H,17,19)/t12-,13+,14-/m0/s1. The maximum atomic E-state index is 12.5. The van der Waals surface area contributed by atoms with Crippen LogP contribution >= 0.6 is 11.3 Å². The van der Waals surface area contributed by atoms with Crippen molar-refractivity contribution in [2.24, 2.45) is 0 Å². The first kappa shape index (κ1) is 15.8. The highest BCUT2D eigenvalue weighted by molar-refractivity contribution is 7.10. The molecule has 22 heavy (non-hydrogen) atoms. The molecule has 3 heterocycles. The molecule has 5 nitrogen and oxygen atoms in total. The summed E-state index contributed by atoms with van der Waals surface area (Å²) < 4.78 is 11.5. The lowest BCUT2D eigenvalue weighted by Gasteiger charge is -2.36. The Bertz CT molecular complexity index is 474. The van der Waals surface area contributed by atoms with Crippen LogP contribution in [0.25, 0.3) is 0 Å². The number of rotatable bonds is 4. The van der Waals surface area contributed by atoms with Crippen molar-refractivity contribution in [3.63, 3.8) is 0 Å². The number of urea groups is 1. The Balaban J connectivity index is 1.56. The molecule has 0 aromatic carbocycles.